The second-order valence-electron chi connectivity index (χ2n) is 7.15. The Labute approximate surface area is 176 Å². The Kier molecular flexibility index (Phi) is 9.65. The third-order valence-electron chi connectivity index (χ3n) is 5.17. The highest BCUT2D eigenvalue weighted by Gasteiger charge is 2.21. The SMILES string of the molecule is CCNCCCN(Cc1cccc(CC)c1)c1ncccc1C(=O)N(CC)CC. The third-order valence-corrected chi connectivity index (χ3v) is 5.17. The van der Waals surface area contributed by atoms with Gasteiger partial charge in [0, 0.05) is 32.4 Å². The Balaban J connectivity index is 2.33. The van der Waals surface area contributed by atoms with E-state index in [1.54, 1.807) is 6.20 Å². The first-order valence-electron chi connectivity index (χ1n) is 10.9. The van der Waals surface area contributed by atoms with Gasteiger partial charge in [-0.3, -0.25) is 4.79 Å². The maximum atomic E-state index is 13.1. The van der Waals surface area contributed by atoms with E-state index in [-0.39, 0.29) is 5.91 Å². The van der Waals surface area contributed by atoms with Crippen molar-refractivity contribution >= 4 is 11.7 Å². The summed E-state index contributed by atoms with van der Waals surface area (Å²) < 4.78 is 0. The van der Waals surface area contributed by atoms with Crippen LogP contribution >= 0.6 is 0 Å². The smallest absolute Gasteiger partial charge is 0.257 e. The first-order chi connectivity index (χ1) is 14.1. The molecule has 1 heterocycles. The van der Waals surface area contributed by atoms with Crippen LogP contribution in [0.5, 0.6) is 0 Å². The molecule has 0 spiro atoms. The lowest BCUT2D eigenvalue weighted by molar-refractivity contribution is 0.0773. The van der Waals surface area contributed by atoms with Gasteiger partial charge in [-0.05, 0) is 63.0 Å². The molecule has 0 aliphatic carbocycles. The van der Waals surface area contributed by atoms with Gasteiger partial charge in [0.05, 0.1) is 5.56 Å². The monoisotopic (exact) mass is 396 g/mol. The highest BCUT2D eigenvalue weighted by atomic mass is 16.2. The Morgan fingerprint density at radius 2 is 1.79 bits per heavy atom. The van der Waals surface area contributed by atoms with Gasteiger partial charge in [0.1, 0.15) is 5.82 Å². The summed E-state index contributed by atoms with van der Waals surface area (Å²) in [6, 6.07) is 12.5. The Morgan fingerprint density at radius 3 is 2.48 bits per heavy atom. The van der Waals surface area contributed by atoms with Crippen LogP contribution in [0.3, 0.4) is 0 Å². The summed E-state index contributed by atoms with van der Waals surface area (Å²) >= 11 is 0. The van der Waals surface area contributed by atoms with Crippen molar-refractivity contribution in [3.8, 4) is 0 Å². The summed E-state index contributed by atoms with van der Waals surface area (Å²) in [4.78, 5) is 21.9. The van der Waals surface area contributed by atoms with Gasteiger partial charge in [-0.2, -0.15) is 0 Å². The molecule has 1 N–H and O–H groups in total. The van der Waals surface area contributed by atoms with E-state index in [9.17, 15) is 4.79 Å². The van der Waals surface area contributed by atoms with Crippen LogP contribution < -0.4 is 10.2 Å². The molecule has 0 radical (unpaired) electrons. The molecule has 0 aliphatic rings. The molecule has 0 fully saturated rings. The average Bonchev–Trinajstić information content (AvgIpc) is 2.76. The number of amides is 1. The van der Waals surface area contributed by atoms with Crippen molar-refractivity contribution in [1.82, 2.24) is 15.2 Å². The zero-order valence-corrected chi connectivity index (χ0v) is 18.4. The number of nitrogens with one attached hydrogen (secondary N) is 1. The van der Waals surface area contributed by atoms with Crippen molar-refractivity contribution < 1.29 is 4.79 Å². The molecule has 5 nitrogen and oxygen atoms in total. The summed E-state index contributed by atoms with van der Waals surface area (Å²) in [6.45, 7) is 13.2. The van der Waals surface area contributed by atoms with E-state index in [0.29, 0.717) is 18.7 Å². The van der Waals surface area contributed by atoms with Crippen LogP contribution in [0.2, 0.25) is 0 Å². The number of hydrogen-bond acceptors (Lipinski definition) is 4. The molecule has 2 rings (SSSR count). The lowest BCUT2D eigenvalue weighted by atomic mass is 10.1. The molecule has 1 aromatic heterocycles. The summed E-state index contributed by atoms with van der Waals surface area (Å²) in [7, 11) is 0. The molecule has 1 amide bonds. The summed E-state index contributed by atoms with van der Waals surface area (Å²) in [5.74, 6) is 0.833. The van der Waals surface area contributed by atoms with Crippen molar-refractivity contribution in [2.45, 2.75) is 47.1 Å². The molecule has 0 saturated carbocycles. The molecule has 0 bridgehead atoms. The van der Waals surface area contributed by atoms with Gasteiger partial charge in [0.15, 0.2) is 0 Å². The van der Waals surface area contributed by atoms with Crippen LogP contribution in [0.1, 0.15) is 55.6 Å². The minimum atomic E-state index is 0.0529. The van der Waals surface area contributed by atoms with Crippen molar-refractivity contribution in [2.75, 3.05) is 37.6 Å². The fourth-order valence-electron chi connectivity index (χ4n) is 3.50. The van der Waals surface area contributed by atoms with Crippen molar-refractivity contribution in [3.05, 3.63) is 59.3 Å². The van der Waals surface area contributed by atoms with Crippen molar-refractivity contribution in [1.29, 1.82) is 0 Å². The van der Waals surface area contributed by atoms with Crippen LogP contribution in [0.15, 0.2) is 42.6 Å². The fourth-order valence-corrected chi connectivity index (χ4v) is 3.50. The number of carbonyl (C=O) groups is 1. The predicted molar refractivity (Wildman–Crippen MR) is 122 cm³/mol. The van der Waals surface area contributed by atoms with E-state index in [2.05, 4.69) is 53.3 Å². The zero-order chi connectivity index (χ0) is 21.1. The summed E-state index contributed by atoms with van der Waals surface area (Å²) in [5.41, 5.74) is 3.27. The highest BCUT2D eigenvalue weighted by Crippen LogP contribution is 2.22. The topological polar surface area (TPSA) is 48.5 Å². The van der Waals surface area contributed by atoms with E-state index in [4.69, 9.17) is 0 Å². The molecule has 29 heavy (non-hydrogen) atoms. The molecule has 5 heteroatoms. The first kappa shape index (κ1) is 22.9. The van der Waals surface area contributed by atoms with E-state index >= 15 is 0 Å². The van der Waals surface area contributed by atoms with Gasteiger partial charge in [0.25, 0.3) is 5.91 Å². The van der Waals surface area contributed by atoms with Gasteiger partial charge < -0.3 is 15.1 Å². The Hall–Kier alpha value is -2.40. The largest absolute Gasteiger partial charge is 0.352 e. The van der Waals surface area contributed by atoms with Gasteiger partial charge in [-0.25, -0.2) is 4.98 Å². The first-order valence-corrected chi connectivity index (χ1v) is 10.9. The number of benzene rings is 1. The molecular formula is C24H36N4O. The summed E-state index contributed by atoms with van der Waals surface area (Å²) in [5, 5.41) is 3.39. The van der Waals surface area contributed by atoms with Crippen LogP contribution in [0.25, 0.3) is 0 Å². The normalized spacial score (nSPS) is 10.8. The van der Waals surface area contributed by atoms with E-state index < -0.39 is 0 Å². The van der Waals surface area contributed by atoms with Gasteiger partial charge >= 0.3 is 0 Å². The second kappa shape index (κ2) is 12.2. The number of aromatic nitrogens is 1. The standard InChI is InChI=1S/C24H36N4O/c1-5-20-12-9-13-21(18-20)19-28(17-11-15-25-6-2)23-22(14-10-16-26-23)24(29)27(7-3)8-4/h9-10,12-14,16,18,25H,5-8,11,15,17,19H2,1-4H3. The molecule has 2 aromatic rings. The fraction of sp³-hybridized carbons (Fsp3) is 0.500. The van der Waals surface area contributed by atoms with Crippen LogP contribution in [0.4, 0.5) is 5.82 Å². The Morgan fingerprint density at radius 1 is 1.03 bits per heavy atom. The van der Waals surface area contributed by atoms with Crippen LogP contribution in [-0.4, -0.2) is 48.5 Å². The number of hydrogen-bond donors (Lipinski definition) is 1. The number of aryl methyl sites for hydroxylation is 1. The number of rotatable bonds is 12. The Bertz CT molecular complexity index is 758. The molecule has 1 aromatic carbocycles. The third kappa shape index (κ3) is 6.57. The minimum absolute atomic E-state index is 0.0529. The second-order valence-corrected chi connectivity index (χ2v) is 7.15. The molecule has 0 unspecified atom stereocenters. The van der Waals surface area contributed by atoms with Gasteiger partial charge in [0.2, 0.25) is 0 Å². The number of carbonyl (C=O) groups excluding carboxylic acids is 1. The van der Waals surface area contributed by atoms with Gasteiger partial charge in [-0.15, -0.1) is 0 Å². The minimum Gasteiger partial charge on any atom is -0.352 e. The highest BCUT2D eigenvalue weighted by molar-refractivity contribution is 5.98. The van der Waals surface area contributed by atoms with Gasteiger partial charge in [-0.1, -0.05) is 38.1 Å². The molecule has 158 valence electrons. The van der Waals surface area contributed by atoms with Crippen LogP contribution in [-0.2, 0) is 13.0 Å². The molecule has 0 atom stereocenters. The van der Waals surface area contributed by atoms with E-state index in [0.717, 1.165) is 44.8 Å². The summed E-state index contributed by atoms with van der Waals surface area (Å²) in [6.07, 6.45) is 3.80. The lowest BCUT2D eigenvalue weighted by Gasteiger charge is -2.28. The number of nitrogens with zero attached hydrogens (tertiary/aromatic N) is 3. The lowest BCUT2D eigenvalue weighted by Crippen LogP contribution is -2.34. The average molecular weight is 397 g/mol. The van der Waals surface area contributed by atoms with Crippen LogP contribution in [0, 0.1) is 0 Å². The molecule has 0 saturated heterocycles. The van der Waals surface area contributed by atoms with E-state index in [1.165, 1.54) is 11.1 Å². The predicted octanol–water partition coefficient (Wildman–Crippen LogP) is 4.13. The molecular weight excluding hydrogens is 360 g/mol. The quantitative estimate of drug-likeness (QED) is 0.548. The number of pyridine rings is 1. The van der Waals surface area contributed by atoms with Crippen molar-refractivity contribution in [2.24, 2.45) is 0 Å². The zero-order valence-electron chi connectivity index (χ0n) is 18.4. The van der Waals surface area contributed by atoms with E-state index in [1.807, 2.05) is 30.9 Å². The maximum Gasteiger partial charge on any atom is 0.257 e. The maximum absolute atomic E-state index is 13.1. The number of anilines is 1. The molecule has 0 aliphatic heterocycles. The van der Waals surface area contributed by atoms with Crippen molar-refractivity contribution in [3.63, 3.8) is 0 Å².